The van der Waals surface area contributed by atoms with Gasteiger partial charge < -0.3 is 15.8 Å². The molecule has 0 aliphatic carbocycles. The number of ether oxygens (including phenoxy) is 1. The first-order chi connectivity index (χ1) is 10.6. The van der Waals surface area contributed by atoms with Gasteiger partial charge in [-0.15, -0.1) is 0 Å². The van der Waals surface area contributed by atoms with Crippen LogP contribution in [0.15, 0.2) is 48.7 Å². The highest BCUT2D eigenvalue weighted by Crippen LogP contribution is 2.11. The fourth-order valence-electron chi connectivity index (χ4n) is 1.70. The molecule has 22 heavy (non-hydrogen) atoms. The Balaban J connectivity index is 1.75. The summed E-state index contributed by atoms with van der Waals surface area (Å²) < 4.78 is 18.0. The SMILES string of the molecule is Nc1ncc(F)cc1C=CCNC(=O)OCc1ccccc1. The Morgan fingerprint density at radius 1 is 1.36 bits per heavy atom. The summed E-state index contributed by atoms with van der Waals surface area (Å²) in [5.74, 6) is -0.242. The van der Waals surface area contributed by atoms with Crippen LogP contribution < -0.4 is 11.1 Å². The van der Waals surface area contributed by atoms with Crippen LogP contribution in [-0.4, -0.2) is 17.6 Å². The highest BCUT2D eigenvalue weighted by Gasteiger charge is 2.01. The minimum atomic E-state index is -0.529. The predicted molar refractivity (Wildman–Crippen MR) is 82.3 cm³/mol. The number of nitrogens with two attached hydrogens (primary N) is 1. The number of rotatable bonds is 5. The Hall–Kier alpha value is -2.89. The fraction of sp³-hybridized carbons (Fsp3) is 0.125. The van der Waals surface area contributed by atoms with E-state index in [9.17, 15) is 9.18 Å². The molecule has 0 aliphatic rings. The van der Waals surface area contributed by atoms with Gasteiger partial charge in [0.25, 0.3) is 0 Å². The maximum atomic E-state index is 13.0. The third-order valence-corrected chi connectivity index (χ3v) is 2.79. The van der Waals surface area contributed by atoms with Gasteiger partial charge in [0.15, 0.2) is 0 Å². The van der Waals surface area contributed by atoms with Crippen LogP contribution in [0.2, 0.25) is 0 Å². The molecule has 0 saturated heterocycles. The van der Waals surface area contributed by atoms with E-state index >= 15 is 0 Å². The second-order valence-corrected chi connectivity index (χ2v) is 4.47. The van der Waals surface area contributed by atoms with Crippen molar-refractivity contribution in [1.29, 1.82) is 0 Å². The third kappa shape index (κ3) is 4.90. The van der Waals surface area contributed by atoms with E-state index in [4.69, 9.17) is 10.5 Å². The smallest absolute Gasteiger partial charge is 0.407 e. The molecule has 0 aliphatic heterocycles. The maximum Gasteiger partial charge on any atom is 0.407 e. The van der Waals surface area contributed by atoms with Gasteiger partial charge in [0.2, 0.25) is 0 Å². The molecular formula is C16H16FN3O2. The number of nitrogen functional groups attached to an aromatic ring is 1. The number of aromatic nitrogens is 1. The number of hydrogen-bond donors (Lipinski definition) is 2. The number of nitrogens with one attached hydrogen (secondary N) is 1. The van der Waals surface area contributed by atoms with Crippen molar-refractivity contribution < 1.29 is 13.9 Å². The van der Waals surface area contributed by atoms with Gasteiger partial charge in [-0.3, -0.25) is 0 Å². The van der Waals surface area contributed by atoms with Crippen LogP contribution in [0.5, 0.6) is 0 Å². The summed E-state index contributed by atoms with van der Waals surface area (Å²) in [6.07, 6.45) is 3.74. The van der Waals surface area contributed by atoms with Gasteiger partial charge >= 0.3 is 6.09 Å². The zero-order chi connectivity index (χ0) is 15.8. The number of halogens is 1. The zero-order valence-corrected chi connectivity index (χ0v) is 11.8. The highest BCUT2D eigenvalue weighted by atomic mass is 19.1. The number of alkyl carbamates (subject to hydrolysis) is 1. The molecule has 0 atom stereocenters. The Kier molecular flexibility index (Phi) is 5.48. The third-order valence-electron chi connectivity index (χ3n) is 2.79. The van der Waals surface area contributed by atoms with Gasteiger partial charge in [-0.2, -0.15) is 0 Å². The number of hydrogen-bond acceptors (Lipinski definition) is 4. The summed E-state index contributed by atoms with van der Waals surface area (Å²) in [6.45, 7) is 0.445. The minimum Gasteiger partial charge on any atom is -0.445 e. The Morgan fingerprint density at radius 2 is 2.14 bits per heavy atom. The molecule has 0 saturated carbocycles. The number of anilines is 1. The lowest BCUT2D eigenvalue weighted by Gasteiger charge is -2.05. The molecule has 0 fully saturated rings. The van der Waals surface area contributed by atoms with Crippen LogP contribution in [0.1, 0.15) is 11.1 Å². The number of pyridine rings is 1. The largest absolute Gasteiger partial charge is 0.445 e. The summed E-state index contributed by atoms with van der Waals surface area (Å²) in [5, 5.41) is 2.55. The lowest BCUT2D eigenvalue weighted by atomic mass is 10.2. The number of carbonyl (C=O) groups is 1. The molecule has 3 N–H and O–H groups in total. The van der Waals surface area contributed by atoms with Crippen LogP contribution in [0, 0.1) is 5.82 Å². The molecule has 5 nitrogen and oxygen atoms in total. The van der Waals surface area contributed by atoms with Crippen molar-refractivity contribution in [3.8, 4) is 0 Å². The lowest BCUT2D eigenvalue weighted by molar-refractivity contribution is 0.141. The molecule has 0 radical (unpaired) electrons. The molecule has 0 spiro atoms. The zero-order valence-electron chi connectivity index (χ0n) is 11.8. The molecule has 2 rings (SSSR count). The van der Waals surface area contributed by atoms with Crippen molar-refractivity contribution in [2.24, 2.45) is 0 Å². The summed E-state index contributed by atoms with van der Waals surface area (Å²) in [5.41, 5.74) is 6.97. The van der Waals surface area contributed by atoms with Gasteiger partial charge in [0.05, 0.1) is 6.20 Å². The molecule has 1 heterocycles. The Labute approximate surface area is 127 Å². The first-order valence-corrected chi connectivity index (χ1v) is 6.67. The fourth-order valence-corrected chi connectivity index (χ4v) is 1.70. The molecule has 1 aromatic carbocycles. The molecule has 0 bridgehead atoms. The van der Waals surface area contributed by atoms with E-state index in [0.717, 1.165) is 11.8 Å². The standard InChI is InChI=1S/C16H16FN3O2/c17-14-9-13(15(18)20-10-14)7-4-8-19-16(21)22-11-12-5-2-1-3-6-12/h1-7,9-10H,8,11H2,(H2,18,20)(H,19,21). The van der Waals surface area contributed by atoms with Gasteiger partial charge in [-0.05, 0) is 11.6 Å². The van der Waals surface area contributed by atoms with Crippen LogP contribution in [0.4, 0.5) is 15.0 Å². The minimum absolute atomic E-state index is 0.206. The number of carbonyl (C=O) groups excluding carboxylic acids is 1. The van der Waals surface area contributed by atoms with E-state index in [1.165, 1.54) is 6.07 Å². The van der Waals surface area contributed by atoms with Crippen molar-refractivity contribution in [3.05, 3.63) is 65.6 Å². The molecule has 6 heteroatoms. The lowest BCUT2D eigenvalue weighted by Crippen LogP contribution is -2.24. The quantitative estimate of drug-likeness (QED) is 0.890. The van der Waals surface area contributed by atoms with Crippen LogP contribution >= 0.6 is 0 Å². The topological polar surface area (TPSA) is 77.2 Å². The van der Waals surface area contributed by atoms with Gasteiger partial charge in [0, 0.05) is 12.1 Å². The van der Waals surface area contributed by atoms with Gasteiger partial charge in [0.1, 0.15) is 18.2 Å². The number of nitrogens with zero attached hydrogens (tertiary/aromatic N) is 1. The van der Waals surface area contributed by atoms with Gasteiger partial charge in [-0.25, -0.2) is 14.2 Å². The predicted octanol–water partition coefficient (Wildman–Crippen LogP) is 2.74. The number of benzene rings is 1. The van der Waals surface area contributed by atoms with Crippen LogP contribution in [0.3, 0.4) is 0 Å². The van der Waals surface area contributed by atoms with Crippen molar-refractivity contribution >= 4 is 18.0 Å². The van der Waals surface area contributed by atoms with E-state index in [1.807, 2.05) is 30.3 Å². The van der Waals surface area contributed by atoms with Crippen molar-refractivity contribution in [2.45, 2.75) is 6.61 Å². The first kappa shape index (κ1) is 15.5. The van der Waals surface area contributed by atoms with E-state index in [2.05, 4.69) is 10.3 Å². The monoisotopic (exact) mass is 301 g/mol. The van der Waals surface area contributed by atoms with Crippen molar-refractivity contribution in [1.82, 2.24) is 10.3 Å². The Morgan fingerprint density at radius 3 is 2.91 bits per heavy atom. The maximum absolute atomic E-state index is 13.0. The summed E-state index contributed by atoms with van der Waals surface area (Å²) >= 11 is 0. The average Bonchev–Trinajstić information content (AvgIpc) is 2.53. The van der Waals surface area contributed by atoms with Crippen LogP contribution in [-0.2, 0) is 11.3 Å². The van der Waals surface area contributed by atoms with E-state index in [0.29, 0.717) is 5.56 Å². The second-order valence-electron chi connectivity index (χ2n) is 4.47. The summed E-state index contributed by atoms with van der Waals surface area (Å²) in [4.78, 5) is 15.2. The van der Waals surface area contributed by atoms with E-state index in [-0.39, 0.29) is 19.0 Å². The highest BCUT2D eigenvalue weighted by molar-refractivity contribution is 5.68. The number of amides is 1. The summed E-state index contributed by atoms with van der Waals surface area (Å²) in [6, 6.07) is 10.6. The van der Waals surface area contributed by atoms with Crippen molar-refractivity contribution in [3.63, 3.8) is 0 Å². The van der Waals surface area contributed by atoms with Crippen LogP contribution in [0.25, 0.3) is 6.08 Å². The molecule has 1 aromatic heterocycles. The second kappa shape index (κ2) is 7.78. The van der Waals surface area contributed by atoms with E-state index in [1.54, 1.807) is 12.2 Å². The average molecular weight is 301 g/mol. The molecular weight excluding hydrogens is 285 g/mol. The van der Waals surface area contributed by atoms with Gasteiger partial charge in [-0.1, -0.05) is 42.5 Å². The Bertz CT molecular complexity index is 660. The van der Waals surface area contributed by atoms with E-state index < -0.39 is 11.9 Å². The molecule has 2 aromatic rings. The molecule has 114 valence electrons. The first-order valence-electron chi connectivity index (χ1n) is 6.67. The molecule has 0 unspecified atom stereocenters. The normalized spacial score (nSPS) is 10.6. The molecule has 1 amide bonds. The summed E-state index contributed by atoms with van der Waals surface area (Å²) in [7, 11) is 0. The van der Waals surface area contributed by atoms with Crippen molar-refractivity contribution in [2.75, 3.05) is 12.3 Å².